The number of halogens is 1. The predicted molar refractivity (Wildman–Crippen MR) is 104 cm³/mol. The maximum atomic E-state index is 6.05. The number of para-hydroxylation sites is 1. The number of rotatable bonds is 5. The van der Waals surface area contributed by atoms with Gasteiger partial charge in [0.05, 0.1) is 19.0 Å². The first-order valence-corrected chi connectivity index (χ1v) is 8.58. The highest BCUT2D eigenvalue weighted by molar-refractivity contribution is 6.30. The molecule has 0 spiro atoms. The predicted octanol–water partition coefficient (Wildman–Crippen LogP) is 4.67. The third-order valence-electron chi connectivity index (χ3n) is 4.16. The Hall–Kier alpha value is -3.05. The van der Waals surface area contributed by atoms with Gasteiger partial charge < -0.3 is 10.1 Å². The molecular weight excluding hydrogens is 348 g/mol. The second kappa shape index (κ2) is 7.06. The van der Waals surface area contributed by atoms with Gasteiger partial charge in [-0.15, -0.1) is 0 Å². The average Bonchev–Trinajstić information content (AvgIpc) is 3.16. The zero-order valence-corrected chi connectivity index (χ0v) is 14.9. The maximum absolute atomic E-state index is 6.05. The first-order chi connectivity index (χ1) is 12.8. The van der Waals surface area contributed by atoms with Gasteiger partial charge in [0, 0.05) is 29.5 Å². The van der Waals surface area contributed by atoms with Gasteiger partial charge in [0.25, 0.3) is 0 Å². The Morgan fingerprint density at radius 2 is 2.00 bits per heavy atom. The lowest BCUT2D eigenvalue weighted by molar-refractivity contribution is 0.416. The van der Waals surface area contributed by atoms with E-state index in [9.17, 15) is 0 Å². The highest BCUT2D eigenvalue weighted by atomic mass is 35.5. The summed E-state index contributed by atoms with van der Waals surface area (Å²) in [6, 6.07) is 15.6. The molecule has 2 heterocycles. The van der Waals surface area contributed by atoms with Crippen LogP contribution in [0.5, 0.6) is 5.75 Å². The van der Waals surface area contributed by atoms with Gasteiger partial charge in [-0.25, -0.2) is 9.97 Å². The number of imidazole rings is 1. The van der Waals surface area contributed by atoms with Crippen molar-refractivity contribution in [3.8, 4) is 17.0 Å². The number of anilines is 1. The maximum Gasteiger partial charge on any atom is 0.180 e. The minimum absolute atomic E-state index is 0.615. The van der Waals surface area contributed by atoms with E-state index in [0.717, 1.165) is 33.2 Å². The number of fused-ring (bicyclic) bond motifs is 1. The van der Waals surface area contributed by atoms with E-state index in [-0.39, 0.29) is 0 Å². The number of benzene rings is 2. The number of hydrogen-bond acceptors (Lipinski definition) is 4. The van der Waals surface area contributed by atoms with Crippen molar-refractivity contribution in [3.05, 3.63) is 77.7 Å². The summed E-state index contributed by atoms with van der Waals surface area (Å²) in [5.41, 5.74) is 3.73. The molecule has 0 amide bonds. The van der Waals surface area contributed by atoms with Crippen LogP contribution in [0.15, 0.2) is 67.1 Å². The van der Waals surface area contributed by atoms with E-state index >= 15 is 0 Å². The molecule has 0 aliphatic carbocycles. The lowest BCUT2D eigenvalue weighted by Crippen LogP contribution is -2.05. The normalized spacial score (nSPS) is 10.8. The van der Waals surface area contributed by atoms with Crippen LogP contribution >= 0.6 is 11.6 Å². The zero-order chi connectivity index (χ0) is 17.9. The molecule has 2 aromatic heterocycles. The lowest BCUT2D eigenvalue weighted by atomic mass is 10.1. The van der Waals surface area contributed by atoms with E-state index in [0.29, 0.717) is 12.4 Å². The minimum Gasteiger partial charge on any atom is -0.496 e. The van der Waals surface area contributed by atoms with Gasteiger partial charge >= 0.3 is 0 Å². The van der Waals surface area contributed by atoms with E-state index in [1.165, 1.54) is 0 Å². The monoisotopic (exact) mass is 364 g/mol. The number of hydrogen-bond donors (Lipinski definition) is 1. The van der Waals surface area contributed by atoms with Crippen molar-refractivity contribution < 1.29 is 4.74 Å². The molecule has 26 heavy (non-hydrogen) atoms. The Morgan fingerprint density at radius 1 is 1.12 bits per heavy atom. The van der Waals surface area contributed by atoms with Gasteiger partial charge in [0.15, 0.2) is 11.5 Å². The highest BCUT2D eigenvalue weighted by Crippen LogP contribution is 2.30. The first kappa shape index (κ1) is 16.4. The molecule has 4 rings (SSSR count). The van der Waals surface area contributed by atoms with Gasteiger partial charge in [0.1, 0.15) is 5.75 Å². The van der Waals surface area contributed by atoms with Crippen molar-refractivity contribution >= 4 is 23.1 Å². The summed E-state index contributed by atoms with van der Waals surface area (Å²) in [4.78, 5) is 9.05. The van der Waals surface area contributed by atoms with Gasteiger partial charge in [-0.05, 0) is 29.8 Å². The van der Waals surface area contributed by atoms with Crippen molar-refractivity contribution in [3.63, 3.8) is 0 Å². The standard InChI is InChI=1S/C20H17ClN4O/c1-26-18-8-3-2-7-16(18)17-13-24-19(20-22-9-10-25(17)20)23-12-14-5-4-6-15(21)11-14/h2-11,13H,12H2,1H3,(H,23,24). The molecule has 0 aliphatic rings. The van der Waals surface area contributed by atoms with Crippen molar-refractivity contribution in [2.24, 2.45) is 0 Å². The fraction of sp³-hybridized carbons (Fsp3) is 0.100. The number of aromatic nitrogens is 3. The van der Waals surface area contributed by atoms with Crippen LogP contribution in [0.3, 0.4) is 0 Å². The van der Waals surface area contributed by atoms with Crippen LogP contribution in [-0.2, 0) is 6.54 Å². The quantitative estimate of drug-likeness (QED) is 0.559. The molecule has 6 heteroatoms. The minimum atomic E-state index is 0.615. The molecule has 0 saturated carbocycles. The summed E-state index contributed by atoms with van der Waals surface area (Å²) < 4.78 is 7.49. The Kier molecular flexibility index (Phi) is 4.46. The van der Waals surface area contributed by atoms with E-state index in [4.69, 9.17) is 16.3 Å². The molecule has 130 valence electrons. The summed E-state index contributed by atoms with van der Waals surface area (Å²) in [6.45, 7) is 0.615. The molecule has 4 aromatic rings. The number of ether oxygens (including phenoxy) is 1. The molecule has 2 aromatic carbocycles. The summed E-state index contributed by atoms with van der Waals surface area (Å²) >= 11 is 6.05. The summed E-state index contributed by atoms with van der Waals surface area (Å²) in [7, 11) is 1.66. The molecule has 0 saturated heterocycles. The zero-order valence-electron chi connectivity index (χ0n) is 14.2. The van der Waals surface area contributed by atoms with Crippen LogP contribution in [0.1, 0.15) is 5.56 Å². The Bertz CT molecular complexity index is 1060. The van der Waals surface area contributed by atoms with Crippen LogP contribution in [0, 0.1) is 0 Å². The van der Waals surface area contributed by atoms with Crippen molar-refractivity contribution in [1.82, 2.24) is 14.4 Å². The van der Waals surface area contributed by atoms with E-state index in [2.05, 4.69) is 15.3 Å². The third-order valence-corrected chi connectivity index (χ3v) is 4.40. The smallest absolute Gasteiger partial charge is 0.180 e. The van der Waals surface area contributed by atoms with E-state index < -0.39 is 0 Å². The van der Waals surface area contributed by atoms with Gasteiger partial charge in [-0.3, -0.25) is 4.40 Å². The van der Waals surface area contributed by atoms with Gasteiger partial charge in [-0.1, -0.05) is 35.9 Å². The highest BCUT2D eigenvalue weighted by Gasteiger charge is 2.13. The SMILES string of the molecule is COc1ccccc1-c1cnc(NCc2cccc(Cl)c2)c2nccn12. The van der Waals surface area contributed by atoms with Crippen LogP contribution in [0.25, 0.3) is 16.9 Å². The molecular formula is C20H17ClN4O. The van der Waals surface area contributed by atoms with Crippen LogP contribution in [0.2, 0.25) is 5.02 Å². The molecule has 0 unspecified atom stereocenters. The summed E-state index contributed by atoms with van der Waals surface area (Å²) in [5.74, 6) is 1.51. The summed E-state index contributed by atoms with van der Waals surface area (Å²) in [5, 5.41) is 4.06. The molecule has 0 fully saturated rings. The lowest BCUT2D eigenvalue weighted by Gasteiger charge is -2.13. The fourth-order valence-electron chi connectivity index (χ4n) is 2.93. The topological polar surface area (TPSA) is 51.5 Å². The molecule has 0 radical (unpaired) electrons. The van der Waals surface area contributed by atoms with Crippen molar-refractivity contribution in [2.75, 3.05) is 12.4 Å². The Morgan fingerprint density at radius 3 is 2.85 bits per heavy atom. The largest absolute Gasteiger partial charge is 0.496 e. The first-order valence-electron chi connectivity index (χ1n) is 8.20. The van der Waals surface area contributed by atoms with E-state index in [1.54, 1.807) is 13.3 Å². The Balaban J connectivity index is 1.70. The van der Waals surface area contributed by atoms with Crippen LogP contribution in [-0.4, -0.2) is 21.5 Å². The molecule has 1 N–H and O–H groups in total. The van der Waals surface area contributed by atoms with Crippen molar-refractivity contribution in [1.29, 1.82) is 0 Å². The molecule has 0 aliphatic heterocycles. The number of nitrogens with one attached hydrogen (secondary N) is 1. The molecule has 0 atom stereocenters. The fourth-order valence-corrected chi connectivity index (χ4v) is 3.14. The second-order valence-electron chi connectivity index (χ2n) is 5.80. The Labute approximate surface area is 156 Å². The van der Waals surface area contributed by atoms with Crippen LogP contribution < -0.4 is 10.1 Å². The van der Waals surface area contributed by atoms with Crippen molar-refractivity contribution in [2.45, 2.75) is 6.54 Å². The van der Waals surface area contributed by atoms with Gasteiger partial charge in [0.2, 0.25) is 0 Å². The van der Waals surface area contributed by atoms with Crippen LogP contribution in [0.4, 0.5) is 5.82 Å². The summed E-state index contributed by atoms with van der Waals surface area (Å²) in [6.07, 6.45) is 5.51. The third kappa shape index (κ3) is 3.09. The molecule has 0 bridgehead atoms. The second-order valence-corrected chi connectivity index (χ2v) is 6.23. The van der Waals surface area contributed by atoms with Gasteiger partial charge in [-0.2, -0.15) is 0 Å². The average molecular weight is 365 g/mol. The molecule has 5 nitrogen and oxygen atoms in total. The number of nitrogens with zero attached hydrogens (tertiary/aromatic N) is 3. The van der Waals surface area contributed by atoms with E-state index in [1.807, 2.05) is 65.3 Å². The number of methoxy groups -OCH3 is 1.